The van der Waals surface area contributed by atoms with E-state index in [0.29, 0.717) is 33.4 Å². The lowest BCUT2D eigenvalue weighted by molar-refractivity contribution is -0.139. The van der Waals surface area contributed by atoms with Crippen LogP contribution in [0.4, 0.5) is 5.69 Å². The molecule has 10 heteroatoms. The highest BCUT2D eigenvalue weighted by atomic mass is 35.5. The van der Waals surface area contributed by atoms with Gasteiger partial charge in [-0.3, -0.25) is 13.9 Å². The molecule has 0 radical (unpaired) electrons. The third kappa shape index (κ3) is 7.36. The minimum Gasteiger partial charge on any atom is -0.354 e. The van der Waals surface area contributed by atoms with Gasteiger partial charge >= 0.3 is 0 Å². The van der Waals surface area contributed by atoms with Crippen molar-refractivity contribution in [1.82, 2.24) is 10.2 Å². The number of hydrogen-bond donors (Lipinski definition) is 1. The number of halogens is 2. The molecule has 0 heterocycles. The van der Waals surface area contributed by atoms with Gasteiger partial charge in [-0.1, -0.05) is 66.0 Å². The van der Waals surface area contributed by atoms with E-state index in [0.717, 1.165) is 21.9 Å². The van der Waals surface area contributed by atoms with Gasteiger partial charge in [-0.15, -0.1) is 0 Å². The molecule has 0 fully saturated rings. The lowest BCUT2D eigenvalue weighted by Crippen LogP contribution is -2.51. The maximum absolute atomic E-state index is 14.1. The maximum Gasteiger partial charge on any atom is 0.264 e. The highest BCUT2D eigenvalue weighted by Crippen LogP contribution is 2.30. The van der Waals surface area contributed by atoms with E-state index in [2.05, 4.69) is 5.32 Å². The molecule has 1 atom stereocenters. The smallest absolute Gasteiger partial charge is 0.264 e. The molecule has 3 aromatic carbocycles. The third-order valence-corrected chi connectivity index (χ3v) is 9.11. The number of sulfonamides is 1. The summed E-state index contributed by atoms with van der Waals surface area (Å²) in [4.78, 5) is 28.4. The van der Waals surface area contributed by atoms with E-state index in [1.807, 2.05) is 32.9 Å². The molecule has 0 aliphatic heterocycles. The van der Waals surface area contributed by atoms with Crippen molar-refractivity contribution < 1.29 is 18.0 Å². The lowest BCUT2D eigenvalue weighted by Gasteiger charge is -2.33. The zero-order valence-electron chi connectivity index (χ0n) is 23.4. The van der Waals surface area contributed by atoms with Crippen LogP contribution in [0.15, 0.2) is 65.6 Å². The predicted molar refractivity (Wildman–Crippen MR) is 161 cm³/mol. The van der Waals surface area contributed by atoms with Gasteiger partial charge in [-0.05, 0) is 75.6 Å². The summed E-state index contributed by atoms with van der Waals surface area (Å²) in [7, 11) is -4.15. The van der Waals surface area contributed by atoms with Crippen molar-refractivity contribution in [1.29, 1.82) is 0 Å². The number of carbonyl (C=O) groups is 2. The second-order valence-corrected chi connectivity index (χ2v) is 12.5. The largest absolute Gasteiger partial charge is 0.354 e. The van der Waals surface area contributed by atoms with Crippen LogP contribution < -0.4 is 9.62 Å². The molecule has 0 aliphatic rings. The van der Waals surface area contributed by atoms with Gasteiger partial charge in [0.2, 0.25) is 11.8 Å². The van der Waals surface area contributed by atoms with Gasteiger partial charge in [-0.2, -0.15) is 0 Å². The van der Waals surface area contributed by atoms with Crippen LogP contribution in [0.2, 0.25) is 10.0 Å². The Morgan fingerprint density at radius 1 is 0.925 bits per heavy atom. The zero-order chi connectivity index (χ0) is 29.6. The van der Waals surface area contributed by atoms with Crippen LogP contribution in [0.1, 0.15) is 42.5 Å². The van der Waals surface area contributed by atoms with Crippen molar-refractivity contribution >= 4 is 50.7 Å². The van der Waals surface area contributed by atoms with Crippen molar-refractivity contribution in [3.63, 3.8) is 0 Å². The van der Waals surface area contributed by atoms with E-state index in [1.165, 1.54) is 17.0 Å². The molecule has 7 nitrogen and oxygen atoms in total. The summed E-state index contributed by atoms with van der Waals surface area (Å²) in [5.74, 6) is -0.940. The monoisotopic (exact) mass is 603 g/mol. The number of nitrogens with one attached hydrogen (secondary N) is 1. The Kier molecular flexibility index (Phi) is 10.6. The molecule has 0 aromatic heterocycles. The Bertz CT molecular complexity index is 1460. The second kappa shape index (κ2) is 13.5. The summed E-state index contributed by atoms with van der Waals surface area (Å²) in [5, 5.41) is 3.49. The summed E-state index contributed by atoms with van der Waals surface area (Å²) in [6, 6.07) is 16.0. The van der Waals surface area contributed by atoms with Crippen LogP contribution in [0.25, 0.3) is 0 Å². The van der Waals surface area contributed by atoms with E-state index >= 15 is 0 Å². The van der Waals surface area contributed by atoms with E-state index < -0.39 is 28.5 Å². The SMILES string of the molecule is CCCNC(=O)C(C)N(Cc1c(Cl)cccc1Cl)C(=O)CN(c1cc(C)ccc1C)S(=O)(=O)c1ccc(C)cc1. The molecular formula is C30H35Cl2N3O4S. The minimum atomic E-state index is -4.15. The number of amides is 2. The van der Waals surface area contributed by atoms with Crippen molar-refractivity contribution in [3.05, 3.63) is 93.0 Å². The normalized spacial score (nSPS) is 12.1. The van der Waals surface area contributed by atoms with Gasteiger partial charge in [0, 0.05) is 28.7 Å². The average molecular weight is 605 g/mol. The molecule has 214 valence electrons. The summed E-state index contributed by atoms with van der Waals surface area (Å²) in [6.45, 7) is 8.86. The van der Waals surface area contributed by atoms with Crippen LogP contribution in [-0.2, 0) is 26.2 Å². The molecular weight excluding hydrogens is 569 g/mol. The zero-order valence-corrected chi connectivity index (χ0v) is 25.7. The third-order valence-electron chi connectivity index (χ3n) is 6.63. The molecule has 0 spiro atoms. The van der Waals surface area contributed by atoms with Crippen LogP contribution in [0, 0.1) is 20.8 Å². The molecule has 40 heavy (non-hydrogen) atoms. The Balaban J connectivity index is 2.10. The van der Waals surface area contributed by atoms with Gasteiger partial charge in [0.1, 0.15) is 12.6 Å². The summed E-state index contributed by atoms with van der Waals surface area (Å²) >= 11 is 12.8. The quantitative estimate of drug-likeness (QED) is 0.289. The summed E-state index contributed by atoms with van der Waals surface area (Å²) in [5.41, 5.74) is 3.28. The van der Waals surface area contributed by atoms with E-state index in [1.54, 1.807) is 50.2 Å². The summed E-state index contributed by atoms with van der Waals surface area (Å²) in [6.07, 6.45) is 0.720. The van der Waals surface area contributed by atoms with Crippen LogP contribution in [-0.4, -0.2) is 44.3 Å². The predicted octanol–water partition coefficient (Wildman–Crippen LogP) is 6.06. The Labute approximate surface area is 247 Å². The molecule has 2 amide bonds. The first-order valence-electron chi connectivity index (χ1n) is 13.0. The van der Waals surface area contributed by atoms with Crippen LogP contribution >= 0.6 is 23.2 Å². The fraction of sp³-hybridized carbons (Fsp3) is 0.333. The van der Waals surface area contributed by atoms with E-state index in [-0.39, 0.29) is 17.3 Å². The van der Waals surface area contributed by atoms with Crippen molar-refractivity contribution in [3.8, 4) is 0 Å². The molecule has 0 saturated carbocycles. The molecule has 3 rings (SSSR count). The molecule has 0 bridgehead atoms. The number of anilines is 1. The molecule has 0 aliphatic carbocycles. The number of rotatable bonds is 11. The van der Waals surface area contributed by atoms with Crippen molar-refractivity contribution in [2.24, 2.45) is 0 Å². The first-order valence-corrected chi connectivity index (χ1v) is 15.2. The number of aryl methyl sites for hydroxylation is 3. The van der Waals surface area contributed by atoms with Gasteiger partial charge in [0.05, 0.1) is 10.6 Å². The molecule has 0 saturated heterocycles. The molecule has 1 N–H and O–H groups in total. The van der Waals surface area contributed by atoms with Gasteiger partial charge in [0.15, 0.2) is 0 Å². The fourth-order valence-corrected chi connectivity index (χ4v) is 6.16. The second-order valence-electron chi connectivity index (χ2n) is 9.80. The van der Waals surface area contributed by atoms with Gasteiger partial charge in [-0.25, -0.2) is 8.42 Å². The lowest BCUT2D eigenvalue weighted by atomic mass is 10.1. The topological polar surface area (TPSA) is 86.8 Å². The van der Waals surface area contributed by atoms with Gasteiger partial charge < -0.3 is 10.2 Å². The minimum absolute atomic E-state index is 0.0567. The Hall–Kier alpha value is -3.07. The number of benzene rings is 3. The van der Waals surface area contributed by atoms with Crippen molar-refractivity contribution in [2.75, 3.05) is 17.4 Å². The number of carbonyl (C=O) groups excluding carboxylic acids is 2. The first kappa shape index (κ1) is 31.5. The standard InChI is InChI=1S/C30H35Cl2N3O4S/c1-6-16-33-30(37)23(5)34(18-25-26(31)8-7-9-27(25)32)29(36)19-35(28-17-21(3)10-13-22(28)4)40(38,39)24-14-11-20(2)12-15-24/h7-15,17,23H,6,16,18-19H2,1-5H3,(H,33,37). The number of hydrogen-bond acceptors (Lipinski definition) is 4. The van der Waals surface area contributed by atoms with Crippen LogP contribution in [0.5, 0.6) is 0 Å². The van der Waals surface area contributed by atoms with Gasteiger partial charge in [0.25, 0.3) is 10.0 Å². The first-order chi connectivity index (χ1) is 18.9. The maximum atomic E-state index is 14.1. The highest BCUT2D eigenvalue weighted by molar-refractivity contribution is 7.92. The average Bonchev–Trinajstić information content (AvgIpc) is 2.91. The highest BCUT2D eigenvalue weighted by Gasteiger charge is 2.33. The number of nitrogens with zero attached hydrogens (tertiary/aromatic N) is 2. The van der Waals surface area contributed by atoms with Crippen LogP contribution in [0.3, 0.4) is 0 Å². The van der Waals surface area contributed by atoms with E-state index in [9.17, 15) is 18.0 Å². The Morgan fingerprint density at radius 2 is 1.52 bits per heavy atom. The fourth-order valence-electron chi connectivity index (χ4n) is 4.17. The van der Waals surface area contributed by atoms with E-state index in [4.69, 9.17) is 23.2 Å². The van der Waals surface area contributed by atoms with Crippen molar-refractivity contribution in [2.45, 2.75) is 58.5 Å². The molecule has 3 aromatic rings. The molecule has 1 unspecified atom stereocenters. The summed E-state index contributed by atoms with van der Waals surface area (Å²) < 4.78 is 29.1. The Morgan fingerprint density at radius 3 is 2.12 bits per heavy atom.